The Morgan fingerprint density at radius 3 is 2.87 bits per heavy atom. The molecule has 0 aliphatic carbocycles. The number of nitro benzene ring substituents is 1. The Labute approximate surface area is 143 Å². The standard InChI is InChI=1S/C14H16N4O3S.ClH/c1-9-10(3-2-4-12(9)18(20)21)7-16-14(19)11-8-22-13(17-11)5-6-15;/h2-4,8H,5-7,15H2,1H3,(H,16,19);1H. The number of rotatable bonds is 6. The van der Waals surface area contributed by atoms with E-state index in [0.717, 1.165) is 5.01 Å². The van der Waals surface area contributed by atoms with Crippen LogP contribution in [0.1, 0.15) is 26.6 Å². The van der Waals surface area contributed by atoms with Crippen LogP contribution < -0.4 is 11.1 Å². The van der Waals surface area contributed by atoms with Gasteiger partial charge >= 0.3 is 0 Å². The highest BCUT2D eigenvalue weighted by Gasteiger charge is 2.15. The number of nitrogens with zero attached hydrogens (tertiary/aromatic N) is 2. The van der Waals surface area contributed by atoms with Crippen molar-refractivity contribution < 1.29 is 9.72 Å². The van der Waals surface area contributed by atoms with E-state index >= 15 is 0 Å². The third-order valence-electron chi connectivity index (χ3n) is 3.20. The van der Waals surface area contributed by atoms with E-state index in [-0.39, 0.29) is 30.5 Å². The van der Waals surface area contributed by atoms with Crippen molar-refractivity contribution in [3.63, 3.8) is 0 Å². The summed E-state index contributed by atoms with van der Waals surface area (Å²) in [6, 6.07) is 4.80. The lowest BCUT2D eigenvalue weighted by atomic mass is 10.1. The summed E-state index contributed by atoms with van der Waals surface area (Å²) in [6.45, 7) is 2.37. The van der Waals surface area contributed by atoms with Crippen LogP contribution in [0.15, 0.2) is 23.6 Å². The molecule has 7 nitrogen and oxygen atoms in total. The molecule has 0 unspecified atom stereocenters. The number of nitrogens with two attached hydrogens (primary N) is 1. The van der Waals surface area contributed by atoms with Gasteiger partial charge in [-0.25, -0.2) is 4.98 Å². The third-order valence-corrected chi connectivity index (χ3v) is 4.10. The zero-order valence-corrected chi connectivity index (χ0v) is 14.1. The van der Waals surface area contributed by atoms with Crippen LogP contribution in [-0.4, -0.2) is 22.4 Å². The van der Waals surface area contributed by atoms with E-state index in [1.54, 1.807) is 24.4 Å². The maximum Gasteiger partial charge on any atom is 0.272 e. The lowest BCUT2D eigenvalue weighted by Gasteiger charge is -2.07. The highest BCUT2D eigenvalue weighted by molar-refractivity contribution is 7.09. The van der Waals surface area contributed by atoms with Crippen LogP contribution in [0.2, 0.25) is 0 Å². The second-order valence-electron chi connectivity index (χ2n) is 4.67. The molecule has 0 spiro atoms. The van der Waals surface area contributed by atoms with Crippen molar-refractivity contribution in [2.24, 2.45) is 5.73 Å². The van der Waals surface area contributed by atoms with Gasteiger partial charge in [-0.2, -0.15) is 0 Å². The Bertz CT molecular complexity index is 705. The normalized spacial score (nSPS) is 10.0. The predicted octanol–water partition coefficient (Wildman–Crippen LogP) is 2.21. The maximum absolute atomic E-state index is 12.0. The number of nitro groups is 1. The number of nitrogens with one attached hydrogen (secondary N) is 1. The number of halogens is 1. The Kier molecular flexibility index (Phi) is 7.08. The van der Waals surface area contributed by atoms with Gasteiger partial charge in [-0.15, -0.1) is 23.7 Å². The zero-order valence-electron chi connectivity index (χ0n) is 12.4. The van der Waals surface area contributed by atoms with Gasteiger partial charge < -0.3 is 11.1 Å². The van der Waals surface area contributed by atoms with Crippen LogP contribution in [0, 0.1) is 17.0 Å². The predicted molar refractivity (Wildman–Crippen MR) is 91.1 cm³/mol. The molecule has 1 aromatic heterocycles. The number of benzene rings is 1. The van der Waals surface area contributed by atoms with Crippen LogP contribution in [0.4, 0.5) is 5.69 Å². The van der Waals surface area contributed by atoms with E-state index in [9.17, 15) is 14.9 Å². The summed E-state index contributed by atoms with van der Waals surface area (Å²) in [5, 5.41) is 16.1. The lowest BCUT2D eigenvalue weighted by molar-refractivity contribution is -0.385. The molecule has 0 saturated heterocycles. The minimum atomic E-state index is -0.430. The fourth-order valence-electron chi connectivity index (χ4n) is 1.98. The van der Waals surface area contributed by atoms with Gasteiger partial charge in [0.05, 0.1) is 9.93 Å². The molecule has 2 aromatic rings. The minimum absolute atomic E-state index is 0. The van der Waals surface area contributed by atoms with E-state index in [4.69, 9.17) is 5.73 Å². The highest BCUT2D eigenvalue weighted by Crippen LogP contribution is 2.21. The van der Waals surface area contributed by atoms with E-state index in [1.165, 1.54) is 17.4 Å². The summed E-state index contributed by atoms with van der Waals surface area (Å²) in [5.74, 6) is -0.301. The maximum atomic E-state index is 12.0. The van der Waals surface area contributed by atoms with E-state index in [0.29, 0.717) is 29.8 Å². The third kappa shape index (κ3) is 4.72. The number of thiazole rings is 1. The molecule has 1 amide bonds. The fourth-order valence-corrected chi connectivity index (χ4v) is 2.77. The molecule has 1 aromatic carbocycles. The molecule has 3 N–H and O–H groups in total. The van der Waals surface area contributed by atoms with E-state index in [2.05, 4.69) is 10.3 Å². The van der Waals surface area contributed by atoms with Crippen LogP contribution in [0.25, 0.3) is 0 Å². The van der Waals surface area contributed by atoms with Crippen molar-refractivity contribution in [3.05, 3.63) is 55.5 Å². The number of amides is 1. The molecular weight excluding hydrogens is 340 g/mol. The van der Waals surface area contributed by atoms with Gasteiger partial charge in [0.25, 0.3) is 11.6 Å². The van der Waals surface area contributed by atoms with Gasteiger partial charge in [0.1, 0.15) is 5.69 Å². The first-order valence-electron chi connectivity index (χ1n) is 6.68. The monoisotopic (exact) mass is 356 g/mol. The molecule has 0 aliphatic heterocycles. The Hall–Kier alpha value is -2.03. The van der Waals surface area contributed by atoms with Gasteiger partial charge in [0, 0.05) is 30.0 Å². The van der Waals surface area contributed by atoms with E-state index < -0.39 is 4.92 Å². The number of hydrogen-bond donors (Lipinski definition) is 2. The van der Waals surface area contributed by atoms with Crippen LogP contribution in [0.3, 0.4) is 0 Å². The van der Waals surface area contributed by atoms with Crippen molar-refractivity contribution in [1.29, 1.82) is 0 Å². The second-order valence-corrected chi connectivity index (χ2v) is 5.61. The Morgan fingerprint density at radius 1 is 1.48 bits per heavy atom. The molecule has 23 heavy (non-hydrogen) atoms. The molecule has 0 atom stereocenters. The minimum Gasteiger partial charge on any atom is -0.347 e. The molecule has 0 bridgehead atoms. The number of hydrogen-bond acceptors (Lipinski definition) is 6. The first-order valence-corrected chi connectivity index (χ1v) is 7.56. The Balaban J connectivity index is 0.00000264. The first kappa shape index (κ1) is 19.0. The molecule has 0 saturated carbocycles. The highest BCUT2D eigenvalue weighted by atomic mass is 35.5. The average Bonchev–Trinajstić information content (AvgIpc) is 2.94. The van der Waals surface area contributed by atoms with Crippen molar-refractivity contribution in [1.82, 2.24) is 10.3 Å². The summed E-state index contributed by atoms with van der Waals surface area (Å²) < 4.78 is 0. The van der Waals surface area contributed by atoms with Crippen molar-refractivity contribution in [3.8, 4) is 0 Å². The molecule has 1 heterocycles. The lowest BCUT2D eigenvalue weighted by Crippen LogP contribution is -2.23. The second kappa shape index (κ2) is 8.56. The van der Waals surface area contributed by atoms with Gasteiger partial charge in [-0.05, 0) is 19.0 Å². The summed E-state index contributed by atoms with van der Waals surface area (Å²) >= 11 is 1.39. The summed E-state index contributed by atoms with van der Waals surface area (Å²) in [4.78, 5) is 26.7. The van der Waals surface area contributed by atoms with Gasteiger partial charge in [-0.3, -0.25) is 14.9 Å². The molecule has 9 heteroatoms. The number of aromatic nitrogens is 1. The molecule has 2 rings (SSSR count). The molecule has 0 aliphatic rings. The smallest absolute Gasteiger partial charge is 0.272 e. The molecule has 0 radical (unpaired) electrons. The Morgan fingerprint density at radius 2 is 2.22 bits per heavy atom. The summed E-state index contributed by atoms with van der Waals surface area (Å²) in [5.41, 5.74) is 7.10. The molecular formula is C14H17ClN4O3S. The molecule has 0 fully saturated rings. The largest absolute Gasteiger partial charge is 0.347 e. The summed E-state index contributed by atoms with van der Waals surface area (Å²) in [7, 11) is 0. The zero-order chi connectivity index (χ0) is 16.1. The van der Waals surface area contributed by atoms with E-state index in [1.807, 2.05) is 0 Å². The average molecular weight is 357 g/mol. The van der Waals surface area contributed by atoms with Gasteiger partial charge in [-0.1, -0.05) is 12.1 Å². The van der Waals surface area contributed by atoms with Crippen LogP contribution >= 0.6 is 23.7 Å². The SMILES string of the molecule is Cc1c(CNC(=O)c2csc(CCN)n2)cccc1[N+](=O)[O-].Cl. The first-order chi connectivity index (χ1) is 10.5. The topological polar surface area (TPSA) is 111 Å². The van der Waals surface area contributed by atoms with Crippen LogP contribution in [-0.2, 0) is 13.0 Å². The number of carbonyl (C=O) groups excluding carboxylic acids is 1. The summed E-state index contributed by atoms with van der Waals surface area (Å²) in [6.07, 6.45) is 0.641. The molecule has 124 valence electrons. The van der Waals surface area contributed by atoms with Crippen molar-refractivity contribution in [2.75, 3.05) is 6.54 Å². The van der Waals surface area contributed by atoms with Crippen molar-refractivity contribution in [2.45, 2.75) is 19.9 Å². The fraction of sp³-hybridized carbons (Fsp3) is 0.286. The van der Waals surface area contributed by atoms with Gasteiger partial charge in [0.2, 0.25) is 0 Å². The number of carbonyl (C=O) groups is 1. The van der Waals surface area contributed by atoms with Crippen LogP contribution in [0.5, 0.6) is 0 Å². The van der Waals surface area contributed by atoms with Crippen molar-refractivity contribution >= 4 is 35.3 Å². The quantitative estimate of drug-likeness (QED) is 0.608. The van der Waals surface area contributed by atoms with Gasteiger partial charge in [0.15, 0.2) is 0 Å².